The number of methoxy groups -OCH3 is 1. The van der Waals surface area contributed by atoms with Crippen LogP contribution in [0.1, 0.15) is 21.5 Å². The molecule has 5 rings (SSSR count). The van der Waals surface area contributed by atoms with Crippen LogP contribution in [0.15, 0.2) is 77.7 Å². The van der Waals surface area contributed by atoms with Gasteiger partial charge in [-0.2, -0.15) is 4.31 Å². The molecule has 1 fully saturated rings. The van der Waals surface area contributed by atoms with Gasteiger partial charge in [0, 0.05) is 29.9 Å². The summed E-state index contributed by atoms with van der Waals surface area (Å²) in [5.41, 5.74) is 4.15. The molecule has 174 valence electrons. The molecule has 8 heteroatoms. The predicted octanol–water partition coefficient (Wildman–Crippen LogP) is 3.89. The van der Waals surface area contributed by atoms with Gasteiger partial charge in [-0.3, -0.25) is 4.79 Å². The van der Waals surface area contributed by atoms with Crippen molar-refractivity contribution in [1.82, 2.24) is 4.31 Å². The van der Waals surface area contributed by atoms with E-state index in [0.717, 1.165) is 11.1 Å². The van der Waals surface area contributed by atoms with Crippen LogP contribution in [-0.4, -0.2) is 51.9 Å². The van der Waals surface area contributed by atoms with E-state index in [4.69, 9.17) is 9.47 Å². The van der Waals surface area contributed by atoms with Crippen LogP contribution in [0.3, 0.4) is 0 Å². The topological polar surface area (TPSA) is 84.9 Å². The van der Waals surface area contributed by atoms with Gasteiger partial charge in [-0.25, -0.2) is 8.42 Å². The molecule has 0 aromatic heterocycles. The Balaban J connectivity index is 1.49. The molecule has 0 spiro atoms. The van der Waals surface area contributed by atoms with Gasteiger partial charge in [-0.1, -0.05) is 36.4 Å². The average molecular weight is 477 g/mol. The number of fused-ring (bicyclic) bond motifs is 1. The molecule has 1 aliphatic carbocycles. The number of anilines is 1. The van der Waals surface area contributed by atoms with Crippen molar-refractivity contribution in [3.63, 3.8) is 0 Å². The number of benzene rings is 3. The van der Waals surface area contributed by atoms with Gasteiger partial charge in [-0.15, -0.1) is 0 Å². The fourth-order valence-corrected chi connectivity index (χ4v) is 5.64. The molecule has 0 unspecified atom stereocenters. The molecule has 0 radical (unpaired) electrons. The third-order valence-electron chi connectivity index (χ3n) is 6.03. The van der Waals surface area contributed by atoms with Gasteiger partial charge in [0.05, 0.1) is 36.5 Å². The van der Waals surface area contributed by atoms with Gasteiger partial charge in [0.1, 0.15) is 5.75 Å². The standard InChI is InChI=1S/C26H24N2O5S/c1-32-20-10-6-18(7-11-20)24-25(22-4-2-3-5-23(22)26(24)29)27-19-8-12-21(13-9-19)34(30,31)28-14-16-33-17-15-28/h2-13,27H,14-17H2,1H3. The van der Waals surface area contributed by atoms with E-state index in [1.54, 1.807) is 31.4 Å². The molecule has 34 heavy (non-hydrogen) atoms. The normalized spacial score (nSPS) is 16.4. The third kappa shape index (κ3) is 4.00. The minimum Gasteiger partial charge on any atom is -0.497 e. The lowest BCUT2D eigenvalue weighted by atomic mass is 10.0. The Kier molecular flexibility index (Phi) is 5.95. The number of Topliss-reactive ketones (excluding diaryl/α,β-unsaturated/α-hetero) is 1. The Morgan fingerprint density at radius 3 is 2.18 bits per heavy atom. The van der Waals surface area contributed by atoms with Gasteiger partial charge in [0.2, 0.25) is 10.0 Å². The number of carbonyl (C=O) groups excluding carboxylic acids is 1. The summed E-state index contributed by atoms with van der Waals surface area (Å²) in [5.74, 6) is 0.647. The van der Waals surface area contributed by atoms with Crippen LogP contribution in [0, 0.1) is 0 Å². The summed E-state index contributed by atoms with van der Waals surface area (Å²) >= 11 is 0. The molecule has 7 nitrogen and oxygen atoms in total. The molecule has 3 aromatic rings. The summed E-state index contributed by atoms with van der Waals surface area (Å²) in [6.45, 7) is 1.49. The molecule has 1 N–H and O–H groups in total. The van der Waals surface area contributed by atoms with Crippen molar-refractivity contribution in [3.05, 3.63) is 89.5 Å². The number of hydrogen-bond acceptors (Lipinski definition) is 6. The van der Waals surface area contributed by atoms with Gasteiger partial charge in [0.15, 0.2) is 5.78 Å². The predicted molar refractivity (Wildman–Crippen MR) is 130 cm³/mol. The number of sulfonamides is 1. The molecule has 1 heterocycles. The summed E-state index contributed by atoms with van der Waals surface area (Å²) in [7, 11) is -1.98. The van der Waals surface area contributed by atoms with E-state index in [2.05, 4.69) is 5.32 Å². The third-order valence-corrected chi connectivity index (χ3v) is 7.94. The highest BCUT2D eigenvalue weighted by Gasteiger charge is 2.31. The van der Waals surface area contributed by atoms with Crippen molar-refractivity contribution in [2.45, 2.75) is 4.90 Å². The minimum absolute atomic E-state index is 0.0604. The SMILES string of the molecule is COc1ccc(C2=C(Nc3ccc(S(=O)(=O)N4CCOCC4)cc3)c3ccccc3C2=O)cc1. The molecule has 0 saturated carbocycles. The van der Waals surface area contributed by atoms with E-state index in [1.807, 2.05) is 48.5 Å². The molecule has 0 bridgehead atoms. The quantitative estimate of drug-likeness (QED) is 0.581. The molecular weight excluding hydrogens is 452 g/mol. The first-order chi connectivity index (χ1) is 16.5. The number of morpholine rings is 1. The Bertz CT molecular complexity index is 1360. The Morgan fingerprint density at radius 2 is 1.53 bits per heavy atom. The number of rotatable bonds is 6. The molecule has 1 aliphatic heterocycles. The number of nitrogens with one attached hydrogen (secondary N) is 1. The van der Waals surface area contributed by atoms with Crippen molar-refractivity contribution in [2.24, 2.45) is 0 Å². The van der Waals surface area contributed by atoms with Crippen molar-refractivity contribution < 1.29 is 22.7 Å². The first kappa shape index (κ1) is 22.3. The number of nitrogens with zero attached hydrogens (tertiary/aromatic N) is 1. The number of ketones is 1. The number of carbonyl (C=O) groups is 1. The van der Waals surface area contributed by atoms with Crippen LogP contribution < -0.4 is 10.1 Å². The fraction of sp³-hybridized carbons (Fsp3) is 0.192. The zero-order chi connectivity index (χ0) is 23.7. The first-order valence-corrected chi connectivity index (χ1v) is 12.4. The van der Waals surface area contributed by atoms with Crippen LogP contribution >= 0.6 is 0 Å². The van der Waals surface area contributed by atoms with Gasteiger partial charge >= 0.3 is 0 Å². The van der Waals surface area contributed by atoms with Crippen LogP contribution in [0.25, 0.3) is 11.3 Å². The molecule has 3 aromatic carbocycles. The maximum absolute atomic E-state index is 13.3. The monoisotopic (exact) mass is 476 g/mol. The lowest BCUT2D eigenvalue weighted by Gasteiger charge is -2.26. The van der Waals surface area contributed by atoms with Gasteiger partial charge < -0.3 is 14.8 Å². The summed E-state index contributed by atoms with van der Waals surface area (Å²) < 4.78 is 37.8. The second-order valence-electron chi connectivity index (χ2n) is 8.02. The van der Waals surface area contributed by atoms with E-state index < -0.39 is 10.0 Å². The molecule has 2 aliphatic rings. The zero-order valence-corrected chi connectivity index (χ0v) is 19.5. The zero-order valence-electron chi connectivity index (χ0n) is 18.7. The lowest BCUT2D eigenvalue weighted by Crippen LogP contribution is -2.40. The lowest BCUT2D eigenvalue weighted by molar-refractivity contribution is 0.0730. The van der Waals surface area contributed by atoms with E-state index >= 15 is 0 Å². The Labute approximate surface area is 198 Å². The second kappa shape index (κ2) is 9.06. The molecule has 1 saturated heterocycles. The fourth-order valence-electron chi connectivity index (χ4n) is 4.24. The Hall–Kier alpha value is -3.46. The van der Waals surface area contributed by atoms with Crippen molar-refractivity contribution >= 4 is 32.8 Å². The van der Waals surface area contributed by atoms with Crippen LogP contribution in [0.4, 0.5) is 5.69 Å². The minimum atomic E-state index is -3.58. The van der Waals surface area contributed by atoms with E-state index in [1.165, 1.54) is 4.31 Å². The van der Waals surface area contributed by atoms with E-state index in [0.29, 0.717) is 54.6 Å². The highest BCUT2D eigenvalue weighted by Crippen LogP contribution is 2.39. The van der Waals surface area contributed by atoms with E-state index in [-0.39, 0.29) is 10.7 Å². The largest absolute Gasteiger partial charge is 0.497 e. The summed E-state index contributed by atoms with van der Waals surface area (Å²) in [6.07, 6.45) is 0. The summed E-state index contributed by atoms with van der Waals surface area (Å²) in [6, 6.07) is 21.4. The number of allylic oxidation sites excluding steroid dienone is 1. The maximum atomic E-state index is 13.3. The van der Waals surface area contributed by atoms with Crippen LogP contribution in [0.2, 0.25) is 0 Å². The molecule has 0 amide bonds. The highest BCUT2D eigenvalue weighted by atomic mass is 32.2. The van der Waals surface area contributed by atoms with Crippen LogP contribution in [-0.2, 0) is 14.8 Å². The maximum Gasteiger partial charge on any atom is 0.243 e. The van der Waals surface area contributed by atoms with Gasteiger partial charge in [-0.05, 0) is 42.0 Å². The summed E-state index contributed by atoms with van der Waals surface area (Å²) in [5, 5.41) is 3.36. The average Bonchev–Trinajstić information content (AvgIpc) is 3.16. The molecular formula is C26H24N2O5S. The highest BCUT2D eigenvalue weighted by molar-refractivity contribution is 7.89. The Morgan fingerprint density at radius 1 is 0.882 bits per heavy atom. The van der Waals surface area contributed by atoms with Crippen molar-refractivity contribution in [2.75, 3.05) is 38.7 Å². The molecule has 0 atom stereocenters. The van der Waals surface area contributed by atoms with Crippen molar-refractivity contribution in [3.8, 4) is 5.75 Å². The summed E-state index contributed by atoms with van der Waals surface area (Å²) in [4.78, 5) is 13.5. The first-order valence-electron chi connectivity index (χ1n) is 11.0. The van der Waals surface area contributed by atoms with Crippen molar-refractivity contribution in [1.29, 1.82) is 0 Å². The smallest absolute Gasteiger partial charge is 0.243 e. The van der Waals surface area contributed by atoms with E-state index in [9.17, 15) is 13.2 Å². The number of ether oxygens (including phenoxy) is 2. The second-order valence-corrected chi connectivity index (χ2v) is 9.96. The number of hydrogen-bond donors (Lipinski definition) is 1. The van der Waals surface area contributed by atoms with Gasteiger partial charge in [0.25, 0.3) is 0 Å². The van der Waals surface area contributed by atoms with Crippen LogP contribution in [0.5, 0.6) is 5.75 Å².